The van der Waals surface area contributed by atoms with Crippen LogP contribution in [0.5, 0.6) is 0 Å². The SMILES string of the molecule is COC(CN1CC(SC(C)=O)CC1=O)OC. The number of nitrogens with zero attached hydrogens (tertiary/aromatic N) is 1. The molecule has 16 heavy (non-hydrogen) atoms. The first-order valence-electron chi connectivity index (χ1n) is 5.07. The molecule has 1 unspecified atom stereocenters. The number of carbonyl (C=O) groups excluding carboxylic acids is 2. The highest BCUT2D eigenvalue weighted by molar-refractivity contribution is 8.14. The van der Waals surface area contributed by atoms with Crippen molar-refractivity contribution in [2.45, 2.75) is 24.9 Å². The van der Waals surface area contributed by atoms with Crippen molar-refractivity contribution in [3.8, 4) is 0 Å². The van der Waals surface area contributed by atoms with E-state index in [1.165, 1.54) is 32.9 Å². The van der Waals surface area contributed by atoms with Crippen LogP contribution >= 0.6 is 11.8 Å². The molecule has 1 atom stereocenters. The van der Waals surface area contributed by atoms with Crippen LogP contribution in [0.25, 0.3) is 0 Å². The fourth-order valence-electron chi connectivity index (χ4n) is 1.65. The van der Waals surface area contributed by atoms with Gasteiger partial charge >= 0.3 is 0 Å². The van der Waals surface area contributed by atoms with E-state index in [0.29, 0.717) is 19.5 Å². The van der Waals surface area contributed by atoms with Crippen LogP contribution < -0.4 is 0 Å². The van der Waals surface area contributed by atoms with E-state index < -0.39 is 6.29 Å². The van der Waals surface area contributed by atoms with E-state index in [2.05, 4.69) is 0 Å². The smallest absolute Gasteiger partial charge is 0.223 e. The molecule has 6 heteroatoms. The molecule has 0 aliphatic carbocycles. The Bertz CT molecular complexity index is 268. The summed E-state index contributed by atoms with van der Waals surface area (Å²) in [5, 5.41) is 0.119. The zero-order valence-corrected chi connectivity index (χ0v) is 10.6. The van der Waals surface area contributed by atoms with Crippen molar-refractivity contribution in [3.05, 3.63) is 0 Å². The zero-order valence-electron chi connectivity index (χ0n) is 9.76. The third-order valence-electron chi connectivity index (χ3n) is 2.41. The molecule has 0 aromatic carbocycles. The van der Waals surface area contributed by atoms with Gasteiger partial charge in [-0.15, -0.1) is 0 Å². The van der Waals surface area contributed by atoms with Crippen LogP contribution in [0.2, 0.25) is 0 Å². The van der Waals surface area contributed by atoms with Crippen LogP contribution in [0, 0.1) is 0 Å². The summed E-state index contributed by atoms with van der Waals surface area (Å²) < 4.78 is 10.1. The molecule has 1 saturated heterocycles. The minimum Gasteiger partial charge on any atom is -0.354 e. The number of hydrogen-bond acceptors (Lipinski definition) is 5. The molecule has 1 rings (SSSR count). The quantitative estimate of drug-likeness (QED) is 0.662. The number of methoxy groups -OCH3 is 2. The third kappa shape index (κ3) is 3.77. The lowest BCUT2D eigenvalue weighted by Gasteiger charge is -2.21. The number of thioether (sulfide) groups is 1. The van der Waals surface area contributed by atoms with Gasteiger partial charge < -0.3 is 14.4 Å². The molecule has 0 radical (unpaired) electrons. The van der Waals surface area contributed by atoms with Crippen molar-refractivity contribution in [1.82, 2.24) is 4.90 Å². The second kappa shape index (κ2) is 6.22. The molecule has 0 bridgehead atoms. The van der Waals surface area contributed by atoms with Crippen molar-refractivity contribution in [2.24, 2.45) is 0 Å². The Balaban J connectivity index is 2.44. The van der Waals surface area contributed by atoms with Crippen molar-refractivity contribution in [1.29, 1.82) is 0 Å². The standard InChI is InChI=1S/C10H17NO4S/c1-7(12)16-8-4-9(13)11(5-8)6-10(14-2)15-3/h8,10H,4-6H2,1-3H3. The number of ether oxygens (including phenoxy) is 2. The first-order chi connectivity index (χ1) is 7.56. The molecule has 92 valence electrons. The molecule has 1 heterocycles. The van der Waals surface area contributed by atoms with Gasteiger partial charge in [0, 0.05) is 39.4 Å². The number of carbonyl (C=O) groups is 2. The van der Waals surface area contributed by atoms with E-state index >= 15 is 0 Å². The predicted octanol–water partition coefficient (Wildman–Crippen LogP) is 0.486. The van der Waals surface area contributed by atoms with Gasteiger partial charge in [-0.2, -0.15) is 0 Å². The van der Waals surface area contributed by atoms with E-state index in [4.69, 9.17) is 9.47 Å². The van der Waals surface area contributed by atoms with Crippen LogP contribution in [-0.4, -0.2) is 54.8 Å². The molecule has 1 amide bonds. The monoisotopic (exact) mass is 247 g/mol. The Hall–Kier alpha value is -0.590. The number of rotatable bonds is 5. The molecule has 0 spiro atoms. The average molecular weight is 247 g/mol. The fourth-order valence-corrected chi connectivity index (χ4v) is 2.60. The van der Waals surface area contributed by atoms with Crippen molar-refractivity contribution >= 4 is 22.8 Å². The lowest BCUT2D eigenvalue weighted by atomic mass is 10.4. The number of amides is 1. The fraction of sp³-hybridized carbons (Fsp3) is 0.800. The van der Waals surface area contributed by atoms with E-state index in [-0.39, 0.29) is 16.3 Å². The van der Waals surface area contributed by atoms with Gasteiger partial charge in [0.15, 0.2) is 11.4 Å². The molecule has 1 fully saturated rings. The zero-order chi connectivity index (χ0) is 12.1. The first-order valence-corrected chi connectivity index (χ1v) is 5.95. The van der Waals surface area contributed by atoms with Crippen molar-refractivity contribution in [3.63, 3.8) is 0 Å². The van der Waals surface area contributed by atoms with Gasteiger partial charge in [0.1, 0.15) is 0 Å². The molecule has 0 N–H and O–H groups in total. The molecular weight excluding hydrogens is 230 g/mol. The Morgan fingerprint density at radius 2 is 2.19 bits per heavy atom. The van der Waals surface area contributed by atoms with E-state index in [1.807, 2.05) is 0 Å². The summed E-state index contributed by atoms with van der Waals surface area (Å²) in [7, 11) is 3.08. The maximum absolute atomic E-state index is 11.6. The largest absolute Gasteiger partial charge is 0.354 e. The Morgan fingerprint density at radius 3 is 2.69 bits per heavy atom. The summed E-state index contributed by atoms with van der Waals surface area (Å²) in [6, 6.07) is 0. The molecule has 1 aliphatic rings. The van der Waals surface area contributed by atoms with Crippen molar-refractivity contribution in [2.75, 3.05) is 27.3 Å². The summed E-state index contributed by atoms with van der Waals surface area (Å²) in [6.45, 7) is 2.53. The second-order valence-electron chi connectivity index (χ2n) is 3.64. The minimum atomic E-state index is -0.398. The van der Waals surface area contributed by atoms with Gasteiger partial charge in [-0.25, -0.2) is 0 Å². The molecule has 5 nitrogen and oxygen atoms in total. The first kappa shape index (κ1) is 13.5. The Labute approximate surface area is 99.5 Å². The normalized spacial score (nSPS) is 20.9. The van der Waals surface area contributed by atoms with E-state index in [9.17, 15) is 9.59 Å². The van der Waals surface area contributed by atoms with Crippen LogP contribution in [0.1, 0.15) is 13.3 Å². The molecule has 1 aliphatic heterocycles. The number of hydrogen-bond donors (Lipinski definition) is 0. The lowest BCUT2D eigenvalue weighted by molar-refractivity contribution is -0.141. The maximum Gasteiger partial charge on any atom is 0.223 e. The number of likely N-dealkylation sites (tertiary alicyclic amines) is 1. The maximum atomic E-state index is 11.6. The van der Waals surface area contributed by atoms with Gasteiger partial charge in [0.25, 0.3) is 0 Å². The van der Waals surface area contributed by atoms with Crippen molar-refractivity contribution < 1.29 is 19.1 Å². The molecule has 0 saturated carbocycles. The van der Waals surface area contributed by atoms with Gasteiger partial charge in [-0.3, -0.25) is 9.59 Å². The average Bonchev–Trinajstić information content (AvgIpc) is 2.54. The van der Waals surface area contributed by atoms with Gasteiger partial charge in [0.05, 0.1) is 6.54 Å². The van der Waals surface area contributed by atoms with Crippen LogP contribution in [-0.2, 0) is 19.1 Å². The van der Waals surface area contributed by atoms with Gasteiger partial charge in [-0.1, -0.05) is 11.8 Å². The van der Waals surface area contributed by atoms with Gasteiger partial charge in [-0.05, 0) is 0 Å². The molecule has 0 aromatic rings. The van der Waals surface area contributed by atoms with E-state index in [1.54, 1.807) is 4.90 Å². The Morgan fingerprint density at radius 1 is 1.56 bits per heavy atom. The van der Waals surface area contributed by atoms with Crippen LogP contribution in [0.4, 0.5) is 0 Å². The molecular formula is C10H17NO4S. The lowest BCUT2D eigenvalue weighted by Crippen LogP contribution is -2.35. The van der Waals surface area contributed by atoms with E-state index in [0.717, 1.165) is 0 Å². The minimum absolute atomic E-state index is 0.0506. The highest BCUT2D eigenvalue weighted by Crippen LogP contribution is 2.24. The van der Waals surface area contributed by atoms with Crippen LogP contribution in [0.15, 0.2) is 0 Å². The summed E-state index contributed by atoms with van der Waals surface area (Å²) in [5.74, 6) is 0.0536. The molecule has 0 aromatic heterocycles. The summed E-state index contributed by atoms with van der Waals surface area (Å²) in [4.78, 5) is 24.2. The highest BCUT2D eigenvalue weighted by atomic mass is 32.2. The highest BCUT2D eigenvalue weighted by Gasteiger charge is 2.32. The summed E-state index contributed by atoms with van der Waals surface area (Å²) in [5.41, 5.74) is 0. The van der Waals surface area contributed by atoms with Gasteiger partial charge in [0.2, 0.25) is 5.91 Å². The van der Waals surface area contributed by atoms with Crippen LogP contribution in [0.3, 0.4) is 0 Å². The Kier molecular flexibility index (Phi) is 5.24. The second-order valence-corrected chi connectivity index (χ2v) is 5.11. The topological polar surface area (TPSA) is 55.8 Å². The summed E-state index contributed by atoms with van der Waals surface area (Å²) >= 11 is 1.23. The summed E-state index contributed by atoms with van der Waals surface area (Å²) in [6.07, 6.45) is 0.0229. The third-order valence-corrected chi connectivity index (χ3v) is 3.39. The predicted molar refractivity (Wildman–Crippen MR) is 61.1 cm³/mol.